The van der Waals surface area contributed by atoms with Crippen LogP contribution in [0.3, 0.4) is 0 Å². The van der Waals surface area contributed by atoms with Crippen molar-refractivity contribution < 1.29 is 26.4 Å². The molecule has 0 aromatic carbocycles. The Morgan fingerprint density at radius 2 is 1.93 bits per heavy atom. The molecule has 0 unspecified atom stereocenters. The Balaban J connectivity index is 1.91. The monoisotopic (exact) mass is 416 g/mol. The van der Waals surface area contributed by atoms with Crippen LogP contribution >= 0.6 is 0 Å². The van der Waals surface area contributed by atoms with E-state index in [4.69, 9.17) is 0 Å². The molecule has 0 spiro atoms. The molecule has 2 aromatic heterocycles. The van der Waals surface area contributed by atoms with Crippen molar-refractivity contribution in [3.05, 3.63) is 57.3 Å². The summed E-state index contributed by atoms with van der Waals surface area (Å²) >= 11 is 0. The summed E-state index contributed by atoms with van der Waals surface area (Å²) in [5.41, 5.74) is -0.214. The fourth-order valence-electron chi connectivity index (χ4n) is 3.66. The summed E-state index contributed by atoms with van der Waals surface area (Å²) in [4.78, 5) is 24.6. The van der Waals surface area contributed by atoms with Crippen molar-refractivity contribution in [3.8, 4) is 0 Å². The number of pyridine rings is 1. The quantitative estimate of drug-likeness (QED) is 0.718. The van der Waals surface area contributed by atoms with Gasteiger partial charge in [-0.05, 0) is 32.4 Å². The molecule has 1 atom stereocenters. The van der Waals surface area contributed by atoms with Crippen LogP contribution in [0.15, 0.2) is 29.2 Å². The highest BCUT2D eigenvalue weighted by Crippen LogP contribution is 2.30. The summed E-state index contributed by atoms with van der Waals surface area (Å²) in [6.07, 6.45) is -3.55. The molecule has 0 saturated carbocycles. The molecule has 1 saturated heterocycles. The highest BCUT2D eigenvalue weighted by atomic mass is 32.2. The molecule has 10 heteroatoms. The zero-order valence-electron chi connectivity index (χ0n) is 15.3. The summed E-state index contributed by atoms with van der Waals surface area (Å²) in [5, 5.41) is 0. The van der Waals surface area contributed by atoms with Crippen molar-refractivity contribution in [2.75, 3.05) is 11.5 Å². The Hall–Kier alpha value is -2.36. The second-order valence-electron chi connectivity index (χ2n) is 7.02. The maximum atomic E-state index is 12.9. The molecule has 3 rings (SSSR count). The molecule has 2 aromatic rings. The van der Waals surface area contributed by atoms with E-state index in [-0.39, 0.29) is 23.1 Å². The number of rotatable bonds is 4. The fraction of sp³-hybridized carbons (Fsp3) is 0.444. The summed E-state index contributed by atoms with van der Waals surface area (Å²) in [6, 6.07) is 2.77. The number of alkyl halides is 3. The Morgan fingerprint density at radius 3 is 2.50 bits per heavy atom. The number of aryl methyl sites for hydroxylation is 1. The van der Waals surface area contributed by atoms with Gasteiger partial charge in [0, 0.05) is 35.3 Å². The lowest BCUT2D eigenvalue weighted by Crippen LogP contribution is -2.25. The van der Waals surface area contributed by atoms with E-state index in [2.05, 4.69) is 0 Å². The van der Waals surface area contributed by atoms with E-state index in [1.54, 1.807) is 24.5 Å². The summed E-state index contributed by atoms with van der Waals surface area (Å²) in [6.45, 7) is 2.88. The van der Waals surface area contributed by atoms with Gasteiger partial charge < -0.3 is 9.13 Å². The van der Waals surface area contributed by atoms with Crippen LogP contribution in [0.5, 0.6) is 0 Å². The van der Waals surface area contributed by atoms with Crippen molar-refractivity contribution in [2.24, 2.45) is 0 Å². The third-order valence-electron chi connectivity index (χ3n) is 4.98. The minimum atomic E-state index is -4.62. The van der Waals surface area contributed by atoms with Gasteiger partial charge in [0.25, 0.3) is 5.56 Å². The number of carbonyl (C=O) groups is 1. The standard InChI is InChI=1S/C18H19F3N2O4S/c1-11-7-15(12(2)23(11)14-5-6-28(26,27)10-14)16(24)9-22-8-13(18(19,20)21)3-4-17(22)25/h3-4,7-8,14H,5-6,9-10H2,1-2H3/t14-/m1/s1. The molecule has 0 aliphatic carbocycles. The first kappa shape index (κ1) is 20.4. The Bertz CT molecular complexity index is 1100. The molecule has 0 bridgehead atoms. The summed E-state index contributed by atoms with van der Waals surface area (Å²) in [7, 11) is -3.12. The van der Waals surface area contributed by atoms with Crippen LogP contribution in [-0.2, 0) is 22.6 Å². The maximum absolute atomic E-state index is 12.9. The number of halogens is 3. The van der Waals surface area contributed by atoms with Crippen molar-refractivity contribution >= 4 is 15.6 Å². The van der Waals surface area contributed by atoms with E-state index < -0.39 is 39.5 Å². The van der Waals surface area contributed by atoms with E-state index in [0.717, 1.165) is 10.6 Å². The molecule has 0 N–H and O–H groups in total. The number of hydrogen-bond acceptors (Lipinski definition) is 4. The van der Waals surface area contributed by atoms with Crippen LogP contribution in [0.2, 0.25) is 0 Å². The largest absolute Gasteiger partial charge is 0.417 e. The van der Waals surface area contributed by atoms with Gasteiger partial charge in [0.15, 0.2) is 15.6 Å². The molecule has 28 heavy (non-hydrogen) atoms. The Kier molecular flexibility index (Phi) is 5.03. The lowest BCUT2D eigenvalue weighted by molar-refractivity contribution is -0.138. The normalized spacial score (nSPS) is 19.1. The lowest BCUT2D eigenvalue weighted by atomic mass is 10.1. The van der Waals surface area contributed by atoms with E-state index in [9.17, 15) is 31.2 Å². The van der Waals surface area contributed by atoms with Gasteiger partial charge in [-0.2, -0.15) is 13.2 Å². The predicted molar refractivity (Wildman–Crippen MR) is 96.2 cm³/mol. The number of nitrogens with zero attached hydrogens (tertiary/aromatic N) is 2. The van der Waals surface area contributed by atoms with Crippen molar-refractivity contribution in [2.45, 2.75) is 39.0 Å². The molecular formula is C18H19F3N2O4S. The lowest BCUT2D eigenvalue weighted by Gasteiger charge is -2.16. The maximum Gasteiger partial charge on any atom is 0.417 e. The highest BCUT2D eigenvalue weighted by Gasteiger charge is 2.33. The molecule has 1 aliphatic heterocycles. The first-order chi connectivity index (χ1) is 12.9. The summed E-state index contributed by atoms with van der Waals surface area (Å²) < 4.78 is 64.6. The van der Waals surface area contributed by atoms with Crippen LogP contribution in [0.1, 0.15) is 39.8 Å². The fourth-order valence-corrected chi connectivity index (χ4v) is 5.36. The highest BCUT2D eigenvalue weighted by molar-refractivity contribution is 7.91. The van der Waals surface area contributed by atoms with Crippen LogP contribution in [0.25, 0.3) is 0 Å². The van der Waals surface area contributed by atoms with E-state index in [1.165, 1.54) is 0 Å². The van der Waals surface area contributed by atoms with Crippen LogP contribution in [-0.4, -0.2) is 34.8 Å². The zero-order valence-corrected chi connectivity index (χ0v) is 16.1. The first-order valence-corrected chi connectivity index (χ1v) is 10.4. The Morgan fingerprint density at radius 1 is 1.25 bits per heavy atom. The molecule has 0 amide bonds. The molecule has 0 radical (unpaired) electrons. The van der Waals surface area contributed by atoms with Gasteiger partial charge in [-0.1, -0.05) is 0 Å². The number of Topliss-reactive ketones (excluding diaryl/α,β-unsaturated/α-hetero) is 1. The summed E-state index contributed by atoms with van der Waals surface area (Å²) in [5.74, 6) is -0.441. The van der Waals surface area contributed by atoms with Gasteiger partial charge in [0.2, 0.25) is 0 Å². The second-order valence-corrected chi connectivity index (χ2v) is 9.25. The minimum absolute atomic E-state index is 0.00984. The average molecular weight is 416 g/mol. The molecule has 1 aliphatic rings. The van der Waals surface area contributed by atoms with Crippen molar-refractivity contribution in [1.82, 2.24) is 9.13 Å². The third-order valence-corrected chi connectivity index (χ3v) is 6.73. The zero-order chi connectivity index (χ0) is 20.9. The van der Waals surface area contributed by atoms with Crippen LogP contribution < -0.4 is 5.56 Å². The average Bonchev–Trinajstić information content (AvgIpc) is 3.07. The minimum Gasteiger partial charge on any atom is -0.344 e. The van der Waals surface area contributed by atoms with Gasteiger partial charge in [-0.3, -0.25) is 9.59 Å². The van der Waals surface area contributed by atoms with Crippen molar-refractivity contribution in [1.29, 1.82) is 0 Å². The number of sulfone groups is 1. The number of carbonyl (C=O) groups excluding carboxylic acids is 1. The second kappa shape index (κ2) is 6.91. The van der Waals surface area contributed by atoms with E-state index >= 15 is 0 Å². The van der Waals surface area contributed by atoms with Crippen LogP contribution in [0, 0.1) is 13.8 Å². The molecule has 152 valence electrons. The number of ketones is 1. The third kappa shape index (κ3) is 3.91. The molecular weight excluding hydrogens is 397 g/mol. The smallest absolute Gasteiger partial charge is 0.344 e. The van der Waals surface area contributed by atoms with Gasteiger partial charge in [0.1, 0.15) is 0 Å². The van der Waals surface area contributed by atoms with Crippen molar-refractivity contribution in [3.63, 3.8) is 0 Å². The predicted octanol–water partition coefficient (Wildman–Crippen LogP) is 2.53. The van der Waals surface area contributed by atoms with E-state index in [0.29, 0.717) is 30.1 Å². The van der Waals surface area contributed by atoms with Gasteiger partial charge >= 0.3 is 6.18 Å². The first-order valence-electron chi connectivity index (χ1n) is 8.59. The Labute approximate surface area is 159 Å². The molecule has 6 nitrogen and oxygen atoms in total. The molecule has 1 fully saturated rings. The topological polar surface area (TPSA) is 78.1 Å². The van der Waals surface area contributed by atoms with Crippen LogP contribution in [0.4, 0.5) is 13.2 Å². The van der Waals surface area contributed by atoms with Gasteiger partial charge in [-0.25, -0.2) is 8.42 Å². The van der Waals surface area contributed by atoms with Gasteiger partial charge in [-0.15, -0.1) is 0 Å². The van der Waals surface area contributed by atoms with Gasteiger partial charge in [0.05, 0.1) is 23.6 Å². The molecule has 3 heterocycles. The SMILES string of the molecule is Cc1cc(C(=O)Cn2cc(C(F)(F)F)ccc2=O)c(C)n1[C@@H]1CCS(=O)(=O)C1. The van der Waals surface area contributed by atoms with E-state index in [1.807, 2.05) is 0 Å². The number of hydrogen-bond donors (Lipinski definition) is 0. The number of aromatic nitrogens is 2.